The van der Waals surface area contributed by atoms with Gasteiger partial charge in [0.1, 0.15) is 5.75 Å². The predicted octanol–water partition coefficient (Wildman–Crippen LogP) is 7.13. The van der Waals surface area contributed by atoms with Gasteiger partial charge in [0, 0.05) is 48.0 Å². The molecule has 3 aromatic carbocycles. The van der Waals surface area contributed by atoms with E-state index in [1.165, 1.54) is 16.8 Å². The number of anilines is 1. The van der Waals surface area contributed by atoms with Crippen LogP contribution in [-0.2, 0) is 6.42 Å². The van der Waals surface area contributed by atoms with Crippen molar-refractivity contribution < 1.29 is 5.11 Å². The van der Waals surface area contributed by atoms with E-state index in [9.17, 15) is 5.11 Å². The van der Waals surface area contributed by atoms with E-state index in [4.69, 9.17) is 23.2 Å². The van der Waals surface area contributed by atoms with E-state index in [0.717, 1.165) is 61.3 Å². The molecule has 0 aromatic heterocycles. The number of hydrogen-bond donors (Lipinski definition) is 1. The average Bonchev–Trinajstić information content (AvgIpc) is 2.84. The van der Waals surface area contributed by atoms with Crippen LogP contribution in [-0.4, -0.2) is 42.2 Å². The summed E-state index contributed by atoms with van der Waals surface area (Å²) < 4.78 is 0. The summed E-state index contributed by atoms with van der Waals surface area (Å²) in [6.45, 7) is 8.83. The molecule has 0 unspecified atom stereocenters. The maximum absolute atomic E-state index is 10.1. The fourth-order valence-corrected chi connectivity index (χ4v) is 5.77. The number of benzene rings is 3. The largest absolute Gasteiger partial charge is 0.508 e. The molecule has 0 radical (unpaired) electrons. The fraction of sp³-hybridized carbons (Fsp3) is 0.310. The summed E-state index contributed by atoms with van der Waals surface area (Å²) in [4.78, 5) is 5.01. The van der Waals surface area contributed by atoms with Crippen molar-refractivity contribution in [3.63, 3.8) is 0 Å². The topological polar surface area (TPSA) is 26.7 Å². The van der Waals surface area contributed by atoms with Crippen LogP contribution in [0.25, 0.3) is 11.1 Å². The molecule has 34 heavy (non-hydrogen) atoms. The first-order valence-electron chi connectivity index (χ1n) is 12.0. The maximum atomic E-state index is 10.1. The molecule has 1 N–H and O–H groups in total. The first kappa shape index (κ1) is 23.3. The Bertz CT molecular complexity index is 1230. The van der Waals surface area contributed by atoms with Gasteiger partial charge in [-0.25, -0.2) is 0 Å². The molecular formula is C29H30Cl2N2O. The maximum Gasteiger partial charge on any atom is 0.115 e. The van der Waals surface area contributed by atoms with Gasteiger partial charge in [0.15, 0.2) is 0 Å². The number of piperazine rings is 1. The Labute approximate surface area is 212 Å². The van der Waals surface area contributed by atoms with E-state index in [-0.39, 0.29) is 0 Å². The van der Waals surface area contributed by atoms with E-state index < -0.39 is 0 Å². The lowest BCUT2D eigenvalue weighted by atomic mass is 9.79. The first-order valence-corrected chi connectivity index (χ1v) is 12.8. The molecule has 0 atom stereocenters. The summed E-state index contributed by atoms with van der Waals surface area (Å²) in [5.74, 6) is 0.307. The van der Waals surface area contributed by atoms with Crippen LogP contribution in [0.2, 0.25) is 10.0 Å². The van der Waals surface area contributed by atoms with Crippen LogP contribution in [0.1, 0.15) is 42.5 Å². The van der Waals surface area contributed by atoms with E-state index in [1.807, 2.05) is 30.3 Å². The third-order valence-electron chi connectivity index (χ3n) is 7.13. The van der Waals surface area contributed by atoms with Crippen LogP contribution in [0.15, 0.2) is 60.7 Å². The van der Waals surface area contributed by atoms with Crippen molar-refractivity contribution in [2.24, 2.45) is 0 Å². The third kappa shape index (κ3) is 4.57. The standard InChI is InChI=1S/C29H30Cl2N2O/c1-19(2)32-13-15-33(16-14-32)23-7-3-20(4-8-23)29-25-12-9-24(34)17-21(25)5-10-27(29)26-11-6-22(30)18-28(26)31/h3-4,6-9,11-12,17-19,34H,5,10,13-16H2,1-2H3. The number of phenols is 1. The van der Waals surface area contributed by atoms with Crippen LogP contribution in [0, 0.1) is 0 Å². The van der Waals surface area contributed by atoms with Gasteiger partial charge in [0.05, 0.1) is 0 Å². The molecule has 0 bridgehead atoms. The van der Waals surface area contributed by atoms with Crippen LogP contribution in [0.3, 0.4) is 0 Å². The highest BCUT2D eigenvalue weighted by Crippen LogP contribution is 2.44. The molecule has 3 nitrogen and oxygen atoms in total. The third-order valence-corrected chi connectivity index (χ3v) is 7.67. The highest BCUT2D eigenvalue weighted by atomic mass is 35.5. The predicted molar refractivity (Wildman–Crippen MR) is 144 cm³/mol. The van der Waals surface area contributed by atoms with Gasteiger partial charge in [-0.15, -0.1) is 0 Å². The number of halogens is 2. The molecule has 0 saturated carbocycles. The molecule has 1 aliphatic heterocycles. The fourth-order valence-electron chi connectivity index (χ4n) is 5.25. The second-order valence-electron chi connectivity index (χ2n) is 9.48. The summed E-state index contributed by atoms with van der Waals surface area (Å²) in [6, 6.07) is 21.0. The van der Waals surface area contributed by atoms with E-state index in [2.05, 4.69) is 47.9 Å². The van der Waals surface area contributed by atoms with Crippen LogP contribution in [0.5, 0.6) is 5.75 Å². The number of rotatable bonds is 4. The smallest absolute Gasteiger partial charge is 0.115 e. The molecule has 1 fully saturated rings. The van der Waals surface area contributed by atoms with E-state index in [1.54, 1.807) is 6.07 Å². The Morgan fingerprint density at radius 3 is 2.18 bits per heavy atom. The zero-order valence-corrected chi connectivity index (χ0v) is 21.2. The van der Waals surface area contributed by atoms with Gasteiger partial charge in [-0.3, -0.25) is 4.90 Å². The minimum absolute atomic E-state index is 0.307. The number of aryl methyl sites for hydroxylation is 1. The normalized spacial score (nSPS) is 16.8. The summed E-state index contributed by atoms with van der Waals surface area (Å²) in [5.41, 5.74) is 8.17. The summed E-state index contributed by atoms with van der Waals surface area (Å²) in [5, 5.41) is 11.4. The van der Waals surface area contributed by atoms with Crippen LogP contribution >= 0.6 is 23.2 Å². The van der Waals surface area contributed by atoms with Crippen molar-refractivity contribution in [3.8, 4) is 5.75 Å². The van der Waals surface area contributed by atoms with Crippen LogP contribution in [0.4, 0.5) is 5.69 Å². The zero-order valence-electron chi connectivity index (χ0n) is 19.7. The van der Waals surface area contributed by atoms with Gasteiger partial charge in [-0.1, -0.05) is 47.5 Å². The molecule has 2 aliphatic rings. The molecule has 176 valence electrons. The summed E-state index contributed by atoms with van der Waals surface area (Å²) >= 11 is 12.8. The molecule has 1 heterocycles. The highest BCUT2D eigenvalue weighted by molar-refractivity contribution is 6.36. The Balaban J connectivity index is 1.54. The quantitative estimate of drug-likeness (QED) is 0.419. The van der Waals surface area contributed by atoms with Gasteiger partial charge >= 0.3 is 0 Å². The van der Waals surface area contributed by atoms with Crippen molar-refractivity contribution in [1.29, 1.82) is 0 Å². The first-order chi connectivity index (χ1) is 16.4. The number of nitrogens with zero attached hydrogens (tertiary/aromatic N) is 2. The van der Waals surface area contributed by atoms with Gasteiger partial charge in [0.25, 0.3) is 0 Å². The zero-order chi connectivity index (χ0) is 23.8. The lowest BCUT2D eigenvalue weighted by Crippen LogP contribution is -2.48. The number of aromatic hydroxyl groups is 1. The monoisotopic (exact) mass is 492 g/mol. The molecule has 5 heteroatoms. The molecular weight excluding hydrogens is 463 g/mol. The second kappa shape index (κ2) is 9.65. The highest BCUT2D eigenvalue weighted by Gasteiger charge is 2.24. The minimum Gasteiger partial charge on any atom is -0.508 e. The lowest BCUT2D eigenvalue weighted by Gasteiger charge is -2.38. The Kier molecular flexibility index (Phi) is 6.61. The Morgan fingerprint density at radius 1 is 0.794 bits per heavy atom. The van der Waals surface area contributed by atoms with E-state index >= 15 is 0 Å². The molecule has 0 amide bonds. The number of hydrogen-bond acceptors (Lipinski definition) is 3. The minimum atomic E-state index is 0.307. The van der Waals surface area contributed by atoms with Crippen molar-refractivity contribution in [3.05, 3.63) is 93.0 Å². The van der Waals surface area contributed by atoms with Gasteiger partial charge < -0.3 is 10.0 Å². The lowest BCUT2D eigenvalue weighted by molar-refractivity contribution is 0.209. The van der Waals surface area contributed by atoms with Gasteiger partial charge in [0.2, 0.25) is 0 Å². The van der Waals surface area contributed by atoms with Gasteiger partial charge in [-0.05, 0) is 96.5 Å². The average molecular weight is 493 g/mol. The van der Waals surface area contributed by atoms with Crippen LogP contribution < -0.4 is 4.90 Å². The molecule has 3 aromatic rings. The number of allylic oxidation sites excluding steroid dienone is 1. The van der Waals surface area contributed by atoms with Crippen molar-refractivity contribution in [2.45, 2.75) is 32.7 Å². The summed E-state index contributed by atoms with van der Waals surface area (Å²) in [6.07, 6.45) is 1.71. The molecule has 0 spiro atoms. The summed E-state index contributed by atoms with van der Waals surface area (Å²) in [7, 11) is 0. The second-order valence-corrected chi connectivity index (χ2v) is 10.3. The number of fused-ring (bicyclic) bond motifs is 1. The van der Waals surface area contributed by atoms with Crippen molar-refractivity contribution in [1.82, 2.24) is 4.90 Å². The Hall–Kier alpha value is -2.46. The Morgan fingerprint density at radius 2 is 1.50 bits per heavy atom. The number of phenolic OH excluding ortho intramolecular Hbond substituents is 1. The van der Waals surface area contributed by atoms with Gasteiger partial charge in [-0.2, -0.15) is 0 Å². The van der Waals surface area contributed by atoms with Crippen molar-refractivity contribution >= 4 is 40.0 Å². The molecule has 1 saturated heterocycles. The molecule has 1 aliphatic carbocycles. The van der Waals surface area contributed by atoms with E-state index in [0.29, 0.717) is 21.8 Å². The SMILES string of the molecule is CC(C)N1CCN(c2ccc(C3=C(c4ccc(Cl)cc4Cl)CCc4cc(O)ccc43)cc2)CC1. The molecule has 5 rings (SSSR count). The van der Waals surface area contributed by atoms with Crippen molar-refractivity contribution in [2.75, 3.05) is 31.1 Å².